The van der Waals surface area contributed by atoms with Gasteiger partial charge in [-0.05, 0) is 42.8 Å². The molecule has 13 heteroatoms. The van der Waals surface area contributed by atoms with Gasteiger partial charge < -0.3 is 19.9 Å². The lowest BCUT2D eigenvalue weighted by atomic mass is 9.89. The minimum Gasteiger partial charge on any atom is -0.442 e. The molecule has 2 aromatic carbocycles. The van der Waals surface area contributed by atoms with Gasteiger partial charge in [0.15, 0.2) is 0 Å². The highest BCUT2D eigenvalue weighted by atomic mass is 19.1. The second-order valence-electron chi connectivity index (χ2n) is 10.0. The summed E-state index contributed by atoms with van der Waals surface area (Å²) >= 11 is 0. The molecule has 0 bridgehead atoms. The standard InChI is InChI=1S/C27H26F2N6O5/c1-33(17-4-2-15(10-30)3-5-17)27(39)35-13-19(14-35)40-26(38)31-16-11-34(12-16)18-8-21(28)24(22(29)9-18)20-6-7-23(36)32-25(20)37/h2-5,8-9,16,19-20H,6-7,11-14H2,1H3,(H,31,38)(H,32,36,37). The average Bonchev–Trinajstić information content (AvgIpc) is 2.87. The fourth-order valence-corrected chi connectivity index (χ4v) is 4.94. The Morgan fingerprint density at radius 2 is 1.75 bits per heavy atom. The number of anilines is 2. The van der Waals surface area contributed by atoms with Crippen LogP contribution in [0.15, 0.2) is 36.4 Å². The molecule has 3 aliphatic heterocycles. The molecule has 3 heterocycles. The van der Waals surface area contributed by atoms with E-state index >= 15 is 0 Å². The maximum absolute atomic E-state index is 14.8. The van der Waals surface area contributed by atoms with Crippen molar-refractivity contribution in [2.45, 2.75) is 30.9 Å². The molecule has 0 aliphatic carbocycles. The van der Waals surface area contributed by atoms with Gasteiger partial charge in [0.05, 0.1) is 36.7 Å². The van der Waals surface area contributed by atoms with Crippen LogP contribution in [-0.2, 0) is 14.3 Å². The minimum absolute atomic E-state index is 0.0114. The Hall–Kier alpha value is -4.73. The third-order valence-electron chi connectivity index (χ3n) is 7.28. The van der Waals surface area contributed by atoms with Gasteiger partial charge in [-0.1, -0.05) is 0 Å². The fraction of sp³-hybridized carbons (Fsp3) is 0.370. The first-order valence-corrected chi connectivity index (χ1v) is 12.7. The second-order valence-corrected chi connectivity index (χ2v) is 10.0. The molecule has 0 aromatic heterocycles. The van der Waals surface area contributed by atoms with E-state index in [1.807, 2.05) is 6.07 Å². The van der Waals surface area contributed by atoms with Crippen molar-refractivity contribution < 1.29 is 32.7 Å². The van der Waals surface area contributed by atoms with Crippen LogP contribution in [0.1, 0.15) is 29.9 Å². The van der Waals surface area contributed by atoms with Gasteiger partial charge in [0.25, 0.3) is 0 Å². The summed E-state index contributed by atoms with van der Waals surface area (Å²) in [6.07, 6.45) is -1.06. The summed E-state index contributed by atoms with van der Waals surface area (Å²) in [6.45, 7) is 1.08. The number of piperidine rings is 1. The molecule has 5 rings (SSSR count). The van der Waals surface area contributed by atoms with Crippen molar-refractivity contribution in [1.29, 1.82) is 5.26 Å². The van der Waals surface area contributed by atoms with Crippen molar-refractivity contribution in [2.24, 2.45) is 0 Å². The Labute approximate surface area is 228 Å². The summed E-state index contributed by atoms with van der Waals surface area (Å²) in [6, 6.07) is 10.3. The van der Waals surface area contributed by atoms with Crippen LogP contribution < -0.4 is 20.4 Å². The summed E-state index contributed by atoms with van der Waals surface area (Å²) in [5, 5.41) is 13.7. The fourth-order valence-electron chi connectivity index (χ4n) is 4.94. The highest BCUT2D eigenvalue weighted by Crippen LogP contribution is 2.33. The van der Waals surface area contributed by atoms with E-state index in [4.69, 9.17) is 10.00 Å². The van der Waals surface area contributed by atoms with E-state index < -0.39 is 41.6 Å². The summed E-state index contributed by atoms with van der Waals surface area (Å²) in [5.74, 6) is -3.98. The maximum Gasteiger partial charge on any atom is 0.407 e. The minimum atomic E-state index is -1.07. The van der Waals surface area contributed by atoms with Crippen LogP contribution in [-0.4, -0.2) is 74.2 Å². The number of nitrogens with one attached hydrogen (secondary N) is 2. The third-order valence-corrected chi connectivity index (χ3v) is 7.28. The van der Waals surface area contributed by atoms with E-state index in [1.54, 1.807) is 36.2 Å². The van der Waals surface area contributed by atoms with Crippen LogP contribution in [0.4, 0.5) is 29.7 Å². The van der Waals surface area contributed by atoms with E-state index in [1.165, 1.54) is 9.80 Å². The zero-order chi connectivity index (χ0) is 28.6. The monoisotopic (exact) mass is 552 g/mol. The molecular weight excluding hydrogens is 526 g/mol. The molecule has 208 valence electrons. The van der Waals surface area contributed by atoms with E-state index in [0.717, 1.165) is 12.1 Å². The summed E-state index contributed by atoms with van der Waals surface area (Å²) in [5.41, 5.74) is 1.04. The van der Waals surface area contributed by atoms with E-state index in [9.17, 15) is 28.0 Å². The normalized spacial score (nSPS) is 19.2. The molecular formula is C27H26F2N6O5. The molecule has 40 heavy (non-hydrogen) atoms. The van der Waals surface area contributed by atoms with Crippen LogP contribution in [0.3, 0.4) is 0 Å². The first-order valence-electron chi connectivity index (χ1n) is 12.7. The molecule has 0 spiro atoms. The number of nitriles is 1. The summed E-state index contributed by atoms with van der Waals surface area (Å²) in [7, 11) is 1.62. The topological polar surface area (TPSA) is 135 Å². The van der Waals surface area contributed by atoms with Crippen molar-refractivity contribution in [2.75, 3.05) is 43.0 Å². The molecule has 5 amide bonds. The predicted molar refractivity (Wildman–Crippen MR) is 137 cm³/mol. The number of imide groups is 1. The number of carbonyl (C=O) groups excluding carboxylic acids is 4. The first-order chi connectivity index (χ1) is 19.1. The molecule has 2 aromatic rings. The lowest BCUT2D eigenvalue weighted by Gasteiger charge is -2.43. The van der Waals surface area contributed by atoms with Crippen molar-refractivity contribution in [1.82, 2.24) is 15.5 Å². The number of benzene rings is 2. The molecule has 3 saturated heterocycles. The van der Waals surface area contributed by atoms with Gasteiger partial charge in [0.1, 0.15) is 17.7 Å². The lowest BCUT2D eigenvalue weighted by Crippen LogP contribution is -2.62. The molecule has 2 N–H and O–H groups in total. The Balaban J connectivity index is 1.06. The predicted octanol–water partition coefficient (Wildman–Crippen LogP) is 2.21. The molecule has 0 radical (unpaired) electrons. The third kappa shape index (κ3) is 5.38. The van der Waals surface area contributed by atoms with E-state index in [0.29, 0.717) is 24.3 Å². The number of amides is 5. The Morgan fingerprint density at radius 3 is 2.35 bits per heavy atom. The Bertz CT molecular complexity index is 1380. The number of rotatable bonds is 5. The molecule has 0 saturated carbocycles. The molecule has 3 fully saturated rings. The van der Waals surface area contributed by atoms with Crippen molar-refractivity contribution in [3.8, 4) is 6.07 Å². The number of alkyl carbamates (subject to hydrolysis) is 1. The van der Waals surface area contributed by atoms with Crippen LogP contribution in [0.25, 0.3) is 0 Å². The van der Waals surface area contributed by atoms with Gasteiger partial charge in [0, 0.05) is 43.5 Å². The number of ether oxygens (including phenoxy) is 1. The molecule has 11 nitrogen and oxygen atoms in total. The number of hydrogen-bond acceptors (Lipinski definition) is 7. The van der Waals surface area contributed by atoms with E-state index in [2.05, 4.69) is 10.6 Å². The smallest absolute Gasteiger partial charge is 0.407 e. The van der Waals surface area contributed by atoms with Crippen molar-refractivity contribution in [3.63, 3.8) is 0 Å². The molecule has 3 aliphatic rings. The Kier molecular flexibility index (Phi) is 7.25. The van der Waals surface area contributed by atoms with Gasteiger partial charge in [-0.3, -0.25) is 19.8 Å². The summed E-state index contributed by atoms with van der Waals surface area (Å²) < 4.78 is 34.9. The number of carbonyl (C=O) groups is 4. The number of hydrogen-bond donors (Lipinski definition) is 2. The number of halogens is 2. The maximum atomic E-state index is 14.8. The molecule has 1 atom stereocenters. The molecule has 1 unspecified atom stereocenters. The van der Waals surface area contributed by atoms with Gasteiger partial charge in [-0.15, -0.1) is 0 Å². The number of nitrogens with zero attached hydrogens (tertiary/aromatic N) is 4. The average molecular weight is 553 g/mol. The van der Waals surface area contributed by atoms with Crippen LogP contribution in [0, 0.1) is 23.0 Å². The van der Waals surface area contributed by atoms with Crippen LogP contribution in [0.2, 0.25) is 0 Å². The van der Waals surface area contributed by atoms with Crippen molar-refractivity contribution >= 4 is 35.3 Å². The lowest BCUT2D eigenvalue weighted by molar-refractivity contribution is -0.134. The Morgan fingerprint density at radius 1 is 1.10 bits per heavy atom. The summed E-state index contributed by atoms with van der Waals surface area (Å²) in [4.78, 5) is 53.0. The SMILES string of the molecule is CN(C(=O)N1CC(OC(=O)NC2CN(c3cc(F)c(C4CCC(=O)NC4=O)c(F)c3)C2)C1)c1ccc(C#N)cc1. The van der Waals surface area contributed by atoms with Gasteiger partial charge in [-0.25, -0.2) is 18.4 Å². The highest BCUT2D eigenvalue weighted by Gasteiger charge is 2.37. The second kappa shape index (κ2) is 10.8. The van der Waals surface area contributed by atoms with Crippen LogP contribution >= 0.6 is 0 Å². The zero-order valence-corrected chi connectivity index (χ0v) is 21.5. The largest absolute Gasteiger partial charge is 0.442 e. The van der Waals surface area contributed by atoms with Gasteiger partial charge in [-0.2, -0.15) is 5.26 Å². The number of likely N-dealkylation sites (tertiary alicyclic amines) is 1. The van der Waals surface area contributed by atoms with Crippen molar-refractivity contribution in [3.05, 3.63) is 59.2 Å². The van der Waals surface area contributed by atoms with Crippen LogP contribution in [0.5, 0.6) is 0 Å². The van der Waals surface area contributed by atoms with E-state index in [-0.39, 0.29) is 49.3 Å². The quantitative estimate of drug-likeness (QED) is 0.543. The van der Waals surface area contributed by atoms with Gasteiger partial charge >= 0.3 is 12.1 Å². The zero-order valence-electron chi connectivity index (χ0n) is 21.5. The highest BCUT2D eigenvalue weighted by molar-refractivity contribution is 6.01. The first kappa shape index (κ1) is 26.9. The van der Waals surface area contributed by atoms with Gasteiger partial charge in [0.2, 0.25) is 11.8 Å². The number of urea groups is 1.